The van der Waals surface area contributed by atoms with Gasteiger partial charge in [-0.05, 0) is 37.5 Å². The monoisotopic (exact) mass is 429 g/mol. The van der Waals surface area contributed by atoms with Gasteiger partial charge in [-0.25, -0.2) is 0 Å². The topological polar surface area (TPSA) is 83.7 Å². The number of rotatable bonds is 10. The van der Waals surface area contributed by atoms with Crippen LogP contribution in [0.1, 0.15) is 52.7 Å². The Morgan fingerprint density at radius 1 is 1.16 bits per heavy atom. The molecule has 0 amide bonds. The minimum absolute atomic E-state index is 0.148. The van der Waals surface area contributed by atoms with Gasteiger partial charge in [0.25, 0.3) is 0 Å². The SMILES string of the molecule is CCNC(=NCC(C)(C)c1ccc(OCC(C)C)cc1)NCC(C)(O)c1cnn(C)c1. The highest BCUT2D eigenvalue weighted by Crippen LogP contribution is 2.26. The molecule has 0 saturated heterocycles. The van der Waals surface area contributed by atoms with Crippen molar-refractivity contribution >= 4 is 5.96 Å². The van der Waals surface area contributed by atoms with Crippen molar-refractivity contribution in [2.45, 2.75) is 52.6 Å². The molecule has 1 aromatic heterocycles. The maximum absolute atomic E-state index is 10.8. The third-order valence-electron chi connectivity index (χ3n) is 5.12. The lowest BCUT2D eigenvalue weighted by Crippen LogP contribution is -2.45. The molecule has 31 heavy (non-hydrogen) atoms. The Labute approximate surface area is 186 Å². The summed E-state index contributed by atoms with van der Waals surface area (Å²) in [5.41, 5.74) is 0.765. The van der Waals surface area contributed by atoms with Crippen LogP contribution in [-0.2, 0) is 18.1 Å². The van der Waals surface area contributed by atoms with Crippen molar-refractivity contribution in [3.63, 3.8) is 0 Å². The molecule has 0 bridgehead atoms. The van der Waals surface area contributed by atoms with Crippen molar-refractivity contribution in [2.24, 2.45) is 18.0 Å². The zero-order valence-electron chi connectivity index (χ0n) is 20.1. The summed E-state index contributed by atoms with van der Waals surface area (Å²) in [6.45, 7) is 14.8. The highest BCUT2D eigenvalue weighted by atomic mass is 16.5. The number of hydrogen-bond acceptors (Lipinski definition) is 4. The van der Waals surface area contributed by atoms with E-state index in [1.807, 2.05) is 32.3 Å². The highest BCUT2D eigenvalue weighted by Gasteiger charge is 2.25. The lowest BCUT2D eigenvalue weighted by molar-refractivity contribution is 0.0616. The van der Waals surface area contributed by atoms with E-state index in [2.05, 4.69) is 55.6 Å². The second-order valence-corrected chi connectivity index (χ2v) is 9.34. The summed E-state index contributed by atoms with van der Waals surface area (Å²) < 4.78 is 7.48. The average molecular weight is 430 g/mol. The number of ether oxygens (including phenoxy) is 1. The van der Waals surface area contributed by atoms with Crippen molar-refractivity contribution in [2.75, 3.05) is 26.2 Å². The molecule has 2 rings (SSSR count). The minimum atomic E-state index is -1.05. The third kappa shape index (κ3) is 7.58. The number of hydrogen-bond donors (Lipinski definition) is 3. The molecule has 172 valence electrons. The molecule has 1 unspecified atom stereocenters. The van der Waals surface area contributed by atoms with Crippen LogP contribution in [-0.4, -0.2) is 47.1 Å². The number of aliphatic imine (C=N–C) groups is 1. The predicted molar refractivity (Wildman–Crippen MR) is 127 cm³/mol. The van der Waals surface area contributed by atoms with Crippen LogP contribution < -0.4 is 15.4 Å². The lowest BCUT2D eigenvalue weighted by Gasteiger charge is -2.26. The van der Waals surface area contributed by atoms with E-state index in [9.17, 15) is 5.11 Å². The first-order valence-electron chi connectivity index (χ1n) is 11.0. The van der Waals surface area contributed by atoms with Gasteiger partial charge in [0, 0.05) is 30.8 Å². The van der Waals surface area contributed by atoms with E-state index < -0.39 is 5.60 Å². The first kappa shape index (κ1) is 24.7. The van der Waals surface area contributed by atoms with Crippen molar-refractivity contribution in [3.8, 4) is 5.75 Å². The number of aliphatic hydroxyl groups is 1. The summed E-state index contributed by atoms with van der Waals surface area (Å²) in [5.74, 6) is 2.07. The molecular weight excluding hydrogens is 390 g/mol. The Balaban J connectivity index is 2.02. The van der Waals surface area contributed by atoms with E-state index in [1.165, 1.54) is 5.56 Å². The molecule has 1 atom stereocenters. The Hall–Kier alpha value is -2.54. The number of guanidine groups is 1. The normalized spacial score (nSPS) is 14.4. The summed E-state index contributed by atoms with van der Waals surface area (Å²) >= 11 is 0. The van der Waals surface area contributed by atoms with Crippen molar-refractivity contribution in [1.29, 1.82) is 0 Å². The fraction of sp³-hybridized carbons (Fsp3) is 0.583. The molecule has 0 spiro atoms. The van der Waals surface area contributed by atoms with Crippen molar-refractivity contribution in [1.82, 2.24) is 20.4 Å². The second kappa shape index (κ2) is 10.7. The van der Waals surface area contributed by atoms with Crippen LogP contribution in [0.2, 0.25) is 0 Å². The van der Waals surface area contributed by atoms with Crippen LogP contribution in [0.4, 0.5) is 0 Å². The van der Waals surface area contributed by atoms with Gasteiger partial charge < -0.3 is 20.5 Å². The van der Waals surface area contributed by atoms with Gasteiger partial charge in [-0.15, -0.1) is 0 Å². The fourth-order valence-electron chi connectivity index (χ4n) is 3.03. The van der Waals surface area contributed by atoms with Gasteiger partial charge in [-0.2, -0.15) is 5.10 Å². The standard InChI is InChI=1S/C24H39N5O2/c1-8-25-22(27-17-24(6,30)20-13-28-29(7)14-20)26-16-23(4,5)19-9-11-21(12-10-19)31-15-18(2)3/h9-14,18,30H,8,15-17H2,1-7H3,(H2,25,26,27). The van der Waals surface area contributed by atoms with Gasteiger partial charge in [0.05, 0.1) is 25.9 Å². The molecule has 7 heteroatoms. The molecule has 0 radical (unpaired) electrons. The van der Waals surface area contributed by atoms with Gasteiger partial charge in [-0.1, -0.05) is 39.8 Å². The molecule has 0 aliphatic carbocycles. The molecule has 2 aromatic rings. The Bertz CT molecular complexity index is 838. The van der Waals surface area contributed by atoms with Crippen molar-refractivity contribution in [3.05, 3.63) is 47.8 Å². The molecule has 1 heterocycles. The van der Waals surface area contributed by atoms with E-state index in [0.717, 1.165) is 17.9 Å². The van der Waals surface area contributed by atoms with Gasteiger partial charge >= 0.3 is 0 Å². The smallest absolute Gasteiger partial charge is 0.191 e. The predicted octanol–water partition coefficient (Wildman–Crippen LogP) is 3.20. The average Bonchev–Trinajstić information content (AvgIpc) is 3.16. The molecule has 1 aromatic carbocycles. The van der Waals surface area contributed by atoms with Crippen LogP contribution in [0, 0.1) is 5.92 Å². The van der Waals surface area contributed by atoms with Gasteiger partial charge in [-0.3, -0.25) is 9.67 Å². The molecule has 0 saturated carbocycles. The molecule has 3 N–H and O–H groups in total. The second-order valence-electron chi connectivity index (χ2n) is 9.34. The number of nitrogens with one attached hydrogen (secondary N) is 2. The van der Waals surface area contributed by atoms with E-state index in [1.54, 1.807) is 17.8 Å². The third-order valence-corrected chi connectivity index (χ3v) is 5.12. The first-order chi connectivity index (χ1) is 14.5. The number of aryl methyl sites for hydroxylation is 1. The van der Waals surface area contributed by atoms with Crippen LogP contribution >= 0.6 is 0 Å². The minimum Gasteiger partial charge on any atom is -0.493 e. The highest BCUT2D eigenvalue weighted by molar-refractivity contribution is 5.79. The van der Waals surface area contributed by atoms with Gasteiger partial charge in [0.2, 0.25) is 0 Å². The van der Waals surface area contributed by atoms with Crippen LogP contribution in [0.25, 0.3) is 0 Å². The van der Waals surface area contributed by atoms with Gasteiger partial charge in [0.1, 0.15) is 11.4 Å². The van der Waals surface area contributed by atoms with Crippen molar-refractivity contribution < 1.29 is 9.84 Å². The quantitative estimate of drug-likeness (QED) is 0.399. The summed E-state index contributed by atoms with van der Waals surface area (Å²) in [6.07, 6.45) is 3.51. The first-order valence-corrected chi connectivity index (χ1v) is 11.0. The molecule has 0 fully saturated rings. The van der Waals surface area contributed by atoms with E-state index in [0.29, 0.717) is 31.6 Å². The van der Waals surface area contributed by atoms with E-state index in [-0.39, 0.29) is 5.41 Å². The summed E-state index contributed by atoms with van der Waals surface area (Å²) in [4.78, 5) is 4.78. The summed E-state index contributed by atoms with van der Waals surface area (Å²) in [6, 6.07) is 8.27. The molecule has 7 nitrogen and oxygen atoms in total. The van der Waals surface area contributed by atoms with Crippen LogP contribution in [0.5, 0.6) is 5.75 Å². The van der Waals surface area contributed by atoms with E-state index >= 15 is 0 Å². The maximum Gasteiger partial charge on any atom is 0.191 e. The molecule has 0 aliphatic heterocycles. The Kier molecular flexibility index (Phi) is 8.51. The van der Waals surface area contributed by atoms with Crippen LogP contribution in [0.3, 0.4) is 0 Å². The van der Waals surface area contributed by atoms with Gasteiger partial charge in [0.15, 0.2) is 5.96 Å². The number of benzene rings is 1. The summed E-state index contributed by atoms with van der Waals surface area (Å²) in [5, 5.41) is 21.5. The lowest BCUT2D eigenvalue weighted by atomic mass is 9.85. The summed E-state index contributed by atoms with van der Waals surface area (Å²) in [7, 11) is 1.84. The zero-order chi connectivity index (χ0) is 23.1. The maximum atomic E-state index is 10.8. The largest absolute Gasteiger partial charge is 0.493 e. The molecule has 0 aliphatic rings. The zero-order valence-corrected chi connectivity index (χ0v) is 20.1. The number of nitrogens with zero attached hydrogens (tertiary/aromatic N) is 3. The van der Waals surface area contributed by atoms with E-state index in [4.69, 9.17) is 9.73 Å². The van der Waals surface area contributed by atoms with Crippen LogP contribution in [0.15, 0.2) is 41.7 Å². The molecular formula is C24H39N5O2. The Morgan fingerprint density at radius 2 is 1.84 bits per heavy atom. The fourth-order valence-corrected chi connectivity index (χ4v) is 3.03. The Morgan fingerprint density at radius 3 is 2.39 bits per heavy atom. The number of aromatic nitrogens is 2.